The van der Waals surface area contributed by atoms with E-state index in [0.717, 1.165) is 0 Å². The van der Waals surface area contributed by atoms with Crippen molar-refractivity contribution in [3.63, 3.8) is 0 Å². The molecule has 1 heterocycles. The molecular formula is C5H6N3O. The van der Waals surface area contributed by atoms with Crippen molar-refractivity contribution in [1.82, 2.24) is 10.2 Å². The largest absolute Gasteiger partial charge is 0.369 e. The standard InChI is InChI=1S/C5H6N3O/c6-5(9)1-4-2-7-8-3-4/h1-3H,(H2,6,9)(H,7,8). The van der Waals surface area contributed by atoms with Crippen LogP contribution in [0, 0.1) is 6.42 Å². The SMILES string of the molecule is NC(=O)[CH]c1cn[nH]c1. The van der Waals surface area contributed by atoms with Gasteiger partial charge in [-0.2, -0.15) is 5.10 Å². The third-order valence-electron chi connectivity index (χ3n) is 0.828. The summed E-state index contributed by atoms with van der Waals surface area (Å²) in [5.41, 5.74) is 5.54. The zero-order valence-corrected chi connectivity index (χ0v) is 4.66. The number of nitrogens with zero attached hydrogens (tertiary/aromatic N) is 1. The van der Waals surface area contributed by atoms with Gasteiger partial charge in [-0.3, -0.25) is 9.89 Å². The van der Waals surface area contributed by atoms with Gasteiger partial charge in [-0.1, -0.05) is 0 Å². The summed E-state index contributed by atoms with van der Waals surface area (Å²) in [6, 6.07) is 0. The van der Waals surface area contributed by atoms with Crippen LogP contribution in [0.5, 0.6) is 0 Å². The third-order valence-corrected chi connectivity index (χ3v) is 0.828. The fourth-order valence-corrected chi connectivity index (χ4v) is 0.504. The maximum atomic E-state index is 10.2. The lowest BCUT2D eigenvalue weighted by atomic mass is 10.2. The average molecular weight is 124 g/mol. The number of H-pyrrole nitrogens is 1. The number of nitrogens with two attached hydrogens (primary N) is 1. The normalized spacial score (nSPS) is 9.33. The number of nitrogens with one attached hydrogen (secondary N) is 1. The van der Waals surface area contributed by atoms with Crippen LogP contribution in [0.1, 0.15) is 5.56 Å². The third kappa shape index (κ3) is 1.56. The first-order valence-corrected chi connectivity index (χ1v) is 2.42. The van der Waals surface area contributed by atoms with E-state index in [-0.39, 0.29) is 0 Å². The Balaban J connectivity index is 2.58. The molecule has 1 radical (unpaired) electrons. The van der Waals surface area contributed by atoms with E-state index in [1.807, 2.05) is 0 Å². The van der Waals surface area contributed by atoms with Crippen molar-refractivity contribution in [2.24, 2.45) is 5.73 Å². The van der Waals surface area contributed by atoms with Gasteiger partial charge in [0.05, 0.1) is 12.6 Å². The molecule has 0 atom stereocenters. The molecule has 1 amide bonds. The summed E-state index contributed by atoms with van der Waals surface area (Å²) in [7, 11) is 0. The molecule has 0 bridgehead atoms. The Bertz CT molecular complexity index is 192. The highest BCUT2D eigenvalue weighted by Gasteiger charge is 1.97. The molecule has 0 unspecified atom stereocenters. The molecule has 0 saturated heterocycles. The van der Waals surface area contributed by atoms with E-state index in [1.54, 1.807) is 6.20 Å². The first kappa shape index (κ1) is 5.81. The molecule has 47 valence electrons. The van der Waals surface area contributed by atoms with Crippen molar-refractivity contribution in [3.8, 4) is 0 Å². The monoisotopic (exact) mass is 124 g/mol. The molecule has 1 aromatic rings. The fraction of sp³-hybridized carbons (Fsp3) is 0. The predicted molar refractivity (Wildman–Crippen MR) is 31.2 cm³/mol. The number of amides is 1. The van der Waals surface area contributed by atoms with E-state index in [4.69, 9.17) is 5.73 Å². The molecule has 1 aromatic heterocycles. The molecule has 0 spiro atoms. The second-order valence-electron chi connectivity index (χ2n) is 1.58. The number of hydrogen-bond donors (Lipinski definition) is 2. The summed E-state index contributed by atoms with van der Waals surface area (Å²) in [5.74, 6) is -0.462. The van der Waals surface area contributed by atoms with Crippen molar-refractivity contribution >= 4 is 5.91 Å². The van der Waals surface area contributed by atoms with Crippen molar-refractivity contribution in [3.05, 3.63) is 24.4 Å². The number of primary amides is 1. The van der Waals surface area contributed by atoms with Crippen LogP contribution in [0.2, 0.25) is 0 Å². The predicted octanol–water partition coefficient (Wildman–Crippen LogP) is -0.553. The maximum absolute atomic E-state index is 10.2. The Morgan fingerprint density at radius 3 is 3.11 bits per heavy atom. The summed E-state index contributed by atoms with van der Waals surface area (Å²) in [6.45, 7) is 0. The Morgan fingerprint density at radius 2 is 2.67 bits per heavy atom. The topological polar surface area (TPSA) is 71.8 Å². The smallest absolute Gasteiger partial charge is 0.226 e. The number of hydrogen-bond acceptors (Lipinski definition) is 2. The summed E-state index contributed by atoms with van der Waals surface area (Å²) >= 11 is 0. The number of carbonyl (C=O) groups excluding carboxylic acids is 1. The summed E-state index contributed by atoms with van der Waals surface area (Å²) in [5, 5.41) is 6.16. The highest BCUT2D eigenvalue weighted by atomic mass is 16.1. The molecule has 0 aliphatic carbocycles. The molecule has 4 nitrogen and oxygen atoms in total. The van der Waals surface area contributed by atoms with E-state index >= 15 is 0 Å². The molecule has 0 aliphatic heterocycles. The Morgan fingerprint density at radius 1 is 1.89 bits per heavy atom. The van der Waals surface area contributed by atoms with Gasteiger partial charge in [0, 0.05) is 11.8 Å². The van der Waals surface area contributed by atoms with Crippen molar-refractivity contribution in [2.45, 2.75) is 0 Å². The summed E-state index contributed by atoms with van der Waals surface area (Å²) < 4.78 is 0. The van der Waals surface area contributed by atoms with Gasteiger partial charge in [-0.05, 0) is 0 Å². The maximum Gasteiger partial charge on any atom is 0.226 e. The number of carbonyl (C=O) groups is 1. The van der Waals surface area contributed by atoms with Crippen molar-refractivity contribution in [1.29, 1.82) is 0 Å². The minimum Gasteiger partial charge on any atom is -0.369 e. The molecule has 0 saturated carbocycles. The molecular weight excluding hydrogens is 118 g/mol. The quantitative estimate of drug-likeness (QED) is 0.555. The van der Waals surface area contributed by atoms with Gasteiger partial charge in [-0.15, -0.1) is 0 Å². The van der Waals surface area contributed by atoms with Crippen LogP contribution in [-0.2, 0) is 4.79 Å². The lowest BCUT2D eigenvalue weighted by Gasteiger charge is -1.84. The molecule has 0 aromatic carbocycles. The van der Waals surface area contributed by atoms with Gasteiger partial charge in [0.15, 0.2) is 0 Å². The van der Waals surface area contributed by atoms with E-state index in [9.17, 15) is 4.79 Å². The van der Waals surface area contributed by atoms with E-state index in [2.05, 4.69) is 10.2 Å². The first-order chi connectivity index (χ1) is 4.29. The Kier molecular flexibility index (Phi) is 1.48. The lowest BCUT2D eigenvalue weighted by molar-refractivity contribution is -0.114. The van der Waals surface area contributed by atoms with Crippen molar-refractivity contribution < 1.29 is 4.79 Å². The van der Waals surface area contributed by atoms with Crippen LogP contribution >= 0.6 is 0 Å². The minimum absolute atomic E-state index is 0.462. The van der Waals surface area contributed by atoms with Gasteiger partial charge in [0.2, 0.25) is 5.91 Å². The van der Waals surface area contributed by atoms with Gasteiger partial charge >= 0.3 is 0 Å². The molecule has 1 rings (SSSR count). The summed E-state index contributed by atoms with van der Waals surface area (Å²) in [4.78, 5) is 10.2. The van der Waals surface area contributed by atoms with Gasteiger partial charge < -0.3 is 5.73 Å². The van der Waals surface area contributed by atoms with Crippen LogP contribution < -0.4 is 5.73 Å². The fourth-order valence-electron chi connectivity index (χ4n) is 0.504. The van der Waals surface area contributed by atoms with Crippen LogP contribution in [0.25, 0.3) is 0 Å². The van der Waals surface area contributed by atoms with Crippen LogP contribution in [0.3, 0.4) is 0 Å². The zero-order chi connectivity index (χ0) is 6.69. The Hall–Kier alpha value is -1.32. The van der Waals surface area contributed by atoms with E-state index in [0.29, 0.717) is 5.56 Å². The first-order valence-electron chi connectivity index (χ1n) is 2.42. The molecule has 0 aliphatic rings. The second kappa shape index (κ2) is 2.30. The number of rotatable bonds is 2. The zero-order valence-electron chi connectivity index (χ0n) is 4.66. The van der Waals surface area contributed by atoms with Crippen LogP contribution in [-0.4, -0.2) is 16.1 Å². The average Bonchev–Trinajstić information content (AvgIpc) is 2.15. The lowest BCUT2D eigenvalue weighted by Crippen LogP contribution is -2.10. The van der Waals surface area contributed by atoms with E-state index < -0.39 is 5.91 Å². The van der Waals surface area contributed by atoms with Gasteiger partial charge in [0.1, 0.15) is 0 Å². The minimum atomic E-state index is -0.462. The van der Waals surface area contributed by atoms with Gasteiger partial charge in [-0.25, -0.2) is 0 Å². The second-order valence-corrected chi connectivity index (χ2v) is 1.58. The van der Waals surface area contributed by atoms with Crippen molar-refractivity contribution in [2.75, 3.05) is 0 Å². The Labute approximate surface area is 52.1 Å². The number of aromatic nitrogens is 2. The molecule has 0 fully saturated rings. The molecule has 9 heavy (non-hydrogen) atoms. The molecule has 3 N–H and O–H groups in total. The van der Waals surface area contributed by atoms with Crippen LogP contribution in [0.15, 0.2) is 12.4 Å². The molecule has 4 heteroatoms. The number of aromatic amines is 1. The van der Waals surface area contributed by atoms with Crippen LogP contribution in [0.4, 0.5) is 0 Å². The summed E-state index contributed by atoms with van der Waals surface area (Å²) in [6.07, 6.45) is 4.40. The van der Waals surface area contributed by atoms with E-state index in [1.165, 1.54) is 12.6 Å². The highest BCUT2D eigenvalue weighted by molar-refractivity contribution is 5.86. The highest BCUT2D eigenvalue weighted by Crippen LogP contribution is 1.95. The van der Waals surface area contributed by atoms with Gasteiger partial charge in [0.25, 0.3) is 0 Å².